The van der Waals surface area contributed by atoms with Crippen molar-refractivity contribution in [3.63, 3.8) is 0 Å². The van der Waals surface area contributed by atoms with Gasteiger partial charge in [0.05, 0.1) is 15.6 Å². The number of fused-ring (bicyclic) bond motifs is 3. The summed E-state index contributed by atoms with van der Waals surface area (Å²) in [5, 5.41) is 1.11. The van der Waals surface area contributed by atoms with Gasteiger partial charge in [0.1, 0.15) is 11.5 Å². The maximum Gasteiger partial charge on any atom is 0.361 e. The molecule has 2 aromatic rings. The average Bonchev–Trinajstić information content (AvgIpc) is 2.64. The molecule has 0 bridgehead atoms. The molecule has 2 heterocycles. The highest BCUT2D eigenvalue weighted by Gasteiger charge is 2.28. The van der Waals surface area contributed by atoms with Gasteiger partial charge in [0, 0.05) is 9.47 Å². The first-order valence-corrected chi connectivity index (χ1v) is 7.33. The van der Waals surface area contributed by atoms with E-state index in [1.807, 2.05) is 28.8 Å². The van der Waals surface area contributed by atoms with E-state index in [1.54, 1.807) is 4.08 Å². The lowest BCUT2D eigenvalue weighted by atomic mass is 10.2. The minimum Gasteiger partial charge on any atom is -0.424 e. The number of carbonyl (C=O) groups excluding carboxylic acids is 1. The summed E-state index contributed by atoms with van der Waals surface area (Å²) in [6, 6.07) is 8.03. The summed E-state index contributed by atoms with van der Waals surface area (Å²) >= 11 is 4.30. The zero-order valence-electron chi connectivity index (χ0n) is 8.61. The van der Waals surface area contributed by atoms with Crippen molar-refractivity contribution in [1.29, 1.82) is 0 Å². The molecule has 1 aromatic carbocycles. The Morgan fingerprint density at radius 3 is 2.88 bits per heavy atom. The quantitative estimate of drug-likeness (QED) is 0.452. The van der Waals surface area contributed by atoms with Gasteiger partial charge in [-0.2, -0.15) is 0 Å². The van der Waals surface area contributed by atoms with Crippen molar-refractivity contribution >= 4 is 62.1 Å². The fraction of sp³-hybridized carbons (Fsp3) is 0.0833. The molecule has 0 spiro atoms. The summed E-state index contributed by atoms with van der Waals surface area (Å²) in [6.45, 7) is 0.619. The highest BCUT2D eigenvalue weighted by molar-refractivity contribution is 14.1. The van der Waals surface area contributed by atoms with Crippen molar-refractivity contribution in [3.05, 3.63) is 43.4 Å². The lowest BCUT2D eigenvalue weighted by Gasteiger charge is -2.18. The first-order valence-electron chi connectivity index (χ1n) is 5.00. The van der Waals surface area contributed by atoms with Crippen LogP contribution in [0.15, 0.2) is 34.1 Å². The molecule has 17 heavy (non-hydrogen) atoms. The summed E-state index contributed by atoms with van der Waals surface area (Å²) in [5.74, 6) is 0.431. The Labute approximate surface area is 125 Å². The van der Waals surface area contributed by atoms with Gasteiger partial charge in [-0.05, 0) is 51.2 Å². The van der Waals surface area contributed by atoms with E-state index < -0.39 is 0 Å². The van der Waals surface area contributed by atoms with E-state index in [-0.39, 0.29) is 5.97 Å². The molecule has 0 atom stereocenters. The third kappa shape index (κ3) is 1.70. The zero-order chi connectivity index (χ0) is 12.0. The topological polar surface area (TPSA) is 31.2 Å². The number of nitrogens with zero attached hydrogens (tertiary/aromatic N) is 1. The molecule has 0 radical (unpaired) electrons. The maximum absolute atomic E-state index is 12.0. The van der Waals surface area contributed by atoms with Gasteiger partial charge in [-0.15, -0.1) is 0 Å². The number of carbonyl (C=O) groups is 1. The van der Waals surface area contributed by atoms with Crippen molar-refractivity contribution in [2.45, 2.75) is 6.54 Å². The molecular formula is C12H7I2NO2. The molecule has 0 aliphatic carbocycles. The number of esters is 1. The van der Waals surface area contributed by atoms with Gasteiger partial charge in [0.2, 0.25) is 0 Å². The predicted octanol–water partition coefficient (Wildman–Crippen LogP) is 3.69. The zero-order valence-corrected chi connectivity index (χ0v) is 12.9. The lowest BCUT2D eigenvalue weighted by molar-refractivity contribution is 0.0563. The summed E-state index contributed by atoms with van der Waals surface area (Å²) in [4.78, 5) is 12.0. The Bertz CT molecular complexity index is 658. The monoisotopic (exact) mass is 451 g/mol. The maximum atomic E-state index is 12.0. The smallest absolute Gasteiger partial charge is 0.361 e. The number of para-hydroxylation sites is 1. The molecule has 0 saturated heterocycles. The van der Waals surface area contributed by atoms with Gasteiger partial charge in [0.15, 0.2) is 0 Å². The molecule has 0 fully saturated rings. The largest absolute Gasteiger partial charge is 0.424 e. The fourth-order valence-electron chi connectivity index (χ4n) is 2.04. The molecular weight excluding hydrogens is 444 g/mol. The Morgan fingerprint density at radius 1 is 1.35 bits per heavy atom. The molecule has 0 N–H and O–H groups in total. The highest BCUT2D eigenvalue weighted by atomic mass is 127. The van der Waals surface area contributed by atoms with E-state index in [4.69, 9.17) is 4.74 Å². The molecule has 0 amide bonds. The number of halogens is 2. The van der Waals surface area contributed by atoms with E-state index in [1.165, 1.54) is 0 Å². The molecule has 3 rings (SSSR count). The predicted molar refractivity (Wildman–Crippen MR) is 82.2 cm³/mol. The second-order valence-electron chi connectivity index (χ2n) is 3.73. The summed E-state index contributed by atoms with van der Waals surface area (Å²) in [5.41, 5.74) is 1.74. The summed E-state index contributed by atoms with van der Waals surface area (Å²) in [7, 11) is 0. The third-order valence-electron chi connectivity index (χ3n) is 2.76. The van der Waals surface area contributed by atoms with Crippen LogP contribution in [0.25, 0.3) is 10.9 Å². The first kappa shape index (κ1) is 11.5. The third-order valence-corrected chi connectivity index (χ3v) is 4.55. The van der Waals surface area contributed by atoms with Crippen LogP contribution in [0.4, 0.5) is 0 Å². The molecule has 0 unspecified atom stereocenters. The van der Waals surface area contributed by atoms with Crippen molar-refractivity contribution in [1.82, 2.24) is 4.57 Å². The lowest BCUT2D eigenvalue weighted by Crippen LogP contribution is -2.21. The van der Waals surface area contributed by atoms with Gasteiger partial charge in [0.25, 0.3) is 0 Å². The number of benzene rings is 1. The standard InChI is InChI=1S/C12H7I2NO2/c13-5-7-6-15-9-4-2-1-3-8(9)10(14)11(15)12(16)17-7/h1-5H,6H2/b7-5+. The molecule has 5 heteroatoms. The summed E-state index contributed by atoms with van der Waals surface area (Å²) in [6.07, 6.45) is 0. The van der Waals surface area contributed by atoms with Crippen molar-refractivity contribution in [3.8, 4) is 0 Å². The number of ether oxygens (including phenoxy) is 1. The Balaban J connectivity index is 2.37. The molecule has 1 aliphatic heterocycles. The molecule has 86 valence electrons. The van der Waals surface area contributed by atoms with Crippen LogP contribution >= 0.6 is 45.2 Å². The Kier molecular flexibility index (Phi) is 2.89. The second-order valence-corrected chi connectivity index (χ2v) is 5.43. The van der Waals surface area contributed by atoms with Crippen LogP contribution in [0, 0.1) is 3.57 Å². The normalized spacial score (nSPS) is 17.3. The minimum atomic E-state index is -0.264. The first-order chi connectivity index (χ1) is 8.22. The SMILES string of the molecule is O=C1O/C(=C/I)Cn2c1c(I)c1ccccc12. The number of hydrogen-bond acceptors (Lipinski definition) is 2. The number of cyclic esters (lactones) is 1. The second kappa shape index (κ2) is 4.27. The Hall–Kier alpha value is -0.570. The van der Waals surface area contributed by atoms with Crippen LogP contribution in [0.5, 0.6) is 0 Å². The van der Waals surface area contributed by atoms with E-state index in [9.17, 15) is 4.79 Å². The molecule has 0 saturated carbocycles. The van der Waals surface area contributed by atoms with E-state index in [0.29, 0.717) is 18.0 Å². The van der Waals surface area contributed by atoms with Gasteiger partial charge in [-0.1, -0.05) is 18.2 Å². The van der Waals surface area contributed by atoms with Crippen LogP contribution < -0.4 is 0 Å². The Morgan fingerprint density at radius 2 is 2.12 bits per heavy atom. The van der Waals surface area contributed by atoms with Crippen LogP contribution in [0.2, 0.25) is 0 Å². The van der Waals surface area contributed by atoms with Crippen LogP contribution in [-0.2, 0) is 11.3 Å². The molecule has 1 aliphatic rings. The minimum absolute atomic E-state index is 0.264. The van der Waals surface area contributed by atoms with Crippen LogP contribution in [0.3, 0.4) is 0 Å². The van der Waals surface area contributed by atoms with Crippen molar-refractivity contribution in [2.24, 2.45) is 0 Å². The van der Waals surface area contributed by atoms with Crippen molar-refractivity contribution < 1.29 is 9.53 Å². The van der Waals surface area contributed by atoms with Crippen LogP contribution in [-0.4, -0.2) is 10.5 Å². The number of allylic oxidation sites excluding steroid dienone is 1. The van der Waals surface area contributed by atoms with E-state index in [0.717, 1.165) is 14.5 Å². The van der Waals surface area contributed by atoms with Gasteiger partial charge in [-0.25, -0.2) is 4.79 Å². The average molecular weight is 451 g/mol. The number of rotatable bonds is 0. The van der Waals surface area contributed by atoms with Crippen molar-refractivity contribution in [2.75, 3.05) is 0 Å². The molecule has 3 nitrogen and oxygen atoms in total. The number of hydrogen-bond donors (Lipinski definition) is 0. The van der Waals surface area contributed by atoms with E-state index in [2.05, 4.69) is 45.2 Å². The molecule has 1 aromatic heterocycles. The highest BCUT2D eigenvalue weighted by Crippen LogP contribution is 2.32. The number of aromatic nitrogens is 1. The van der Waals surface area contributed by atoms with Gasteiger partial charge >= 0.3 is 5.97 Å². The van der Waals surface area contributed by atoms with E-state index >= 15 is 0 Å². The van der Waals surface area contributed by atoms with Gasteiger partial charge < -0.3 is 9.30 Å². The summed E-state index contributed by atoms with van der Waals surface area (Å²) < 4.78 is 10.1. The van der Waals surface area contributed by atoms with Gasteiger partial charge in [-0.3, -0.25) is 0 Å². The fourth-order valence-corrected chi connectivity index (χ4v) is 3.33. The van der Waals surface area contributed by atoms with Crippen LogP contribution in [0.1, 0.15) is 10.5 Å².